The van der Waals surface area contributed by atoms with Crippen molar-refractivity contribution in [3.05, 3.63) is 30.1 Å². The third kappa shape index (κ3) is 5.38. The zero-order valence-electron chi connectivity index (χ0n) is 12.9. The summed E-state index contributed by atoms with van der Waals surface area (Å²) in [7, 11) is -10.7. The first-order valence-corrected chi connectivity index (χ1v) is 9.93. The van der Waals surface area contributed by atoms with Gasteiger partial charge in [-0.1, -0.05) is 0 Å². The van der Waals surface area contributed by atoms with Crippen LogP contribution in [0.3, 0.4) is 0 Å². The summed E-state index contributed by atoms with van der Waals surface area (Å²) in [5.41, 5.74) is 5.24. The highest BCUT2D eigenvalue weighted by molar-refractivity contribution is 7.60. The summed E-state index contributed by atoms with van der Waals surface area (Å²) in [6.45, 7) is -0.883. The number of phosphoric acid groups is 2. The van der Waals surface area contributed by atoms with Gasteiger partial charge in [0.2, 0.25) is 0 Å². The number of hydrogen-bond acceptors (Lipinski definition) is 9. The number of nitrogens with zero attached hydrogens (tertiary/aromatic N) is 1. The van der Waals surface area contributed by atoms with Crippen LogP contribution in [0.2, 0.25) is 0 Å². The number of aliphatic hydroxyl groups is 2. The molecule has 1 saturated heterocycles. The molecule has 0 aliphatic carbocycles. The van der Waals surface area contributed by atoms with Crippen molar-refractivity contribution in [3.8, 4) is 0 Å². The van der Waals surface area contributed by atoms with Gasteiger partial charge < -0.3 is 39.9 Å². The lowest BCUT2D eigenvalue weighted by Gasteiger charge is -2.24. The highest BCUT2D eigenvalue weighted by Gasteiger charge is 2.48. The Bertz CT molecular complexity index is 768. The number of rotatable bonds is 7. The number of phosphoric ester groups is 1. The van der Waals surface area contributed by atoms with Crippen molar-refractivity contribution >= 4 is 21.6 Å². The first kappa shape index (κ1) is 21.1. The van der Waals surface area contributed by atoms with Crippen molar-refractivity contribution in [2.45, 2.75) is 24.5 Å². The smallest absolute Gasteiger partial charge is 0.476 e. The molecule has 1 aromatic rings. The quantitative estimate of drug-likeness (QED) is 0.228. The minimum absolute atomic E-state index is 0.0941. The van der Waals surface area contributed by atoms with E-state index in [2.05, 4.69) is 8.83 Å². The molecular weight excluding hydrogens is 398 g/mol. The lowest BCUT2D eigenvalue weighted by atomic mass is 10.1. The van der Waals surface area contributed by atoms with Gasteiger partial charge in [-0.05, 0) is 6.07 Å². The van der Waals surface area contributed by atoms with Crippen LogP contribution < -0.4 is 15.2 Å². The van der Waals surface area contributed by atoms with E-state index in [0.29, 0.717) is 0 Å². The summed E-state index contributed by atoms with van der Waals surface area (Å²) in [4.78, 5) is 39.4. The Kier molecular flexibility index (Phi) is 6.31. The SMILES string of the molecule is NC(=O)c1ccc[n+]([C@@H]2O[C@H](COP(=O)([O-])OP(=O)(O)O)[C@@H](O)[C@H]2O)c1. The lowest BCUT2D eigenvalue weighted by Crippen LogP contribution is -2.46. The molecule has 0 saturated carbocycles. The van der Waals surface area contributed by atoms with E-state index in [9.17, 15) is 29.0 Å². The van der Waals surface area contributed by atoms with E-state index < -0.39 is 52.7 Å². The number of pyridine rings is 1. The van der Waals surface area contributed by atoms with Crippen molar-refractivity contribution in [1.29, 1.82) is 0 Å². The van der Waals surface area contributed by atoms with Crippen LogP contribution in [0.4, 0.5) is 0 Å². The van der Waals surface area contributed by atoms with E-state index in [-0.39, 0.29) is 5.56 Å². The van der Waals surface area contributed by atoms with Crippen LogP contribution in [0.5, 0.6) is 0 Å². The maximum atomic E-state index is 11.3. The molecule has 1 aliphatic rings. The second-order valence-electron chi connectivity index (χ2n) is 5.27. The Morgan fingerprint density at radius 3 is 2.58 bits per heavy atom. The zero-order chi connectivity index (χ0) is 19.7. The topological polar surface area (TPSA) is 213 Å². The van der Waals surface area contributed by atoms with Gasteiger partial charge in [-0.15, -0.1) is 0 Å². The van der Waals surface area contributed by atoms with Crippen LogP contribution in [0, 0.1) is 0 Å². The van der Waals surface area contributed by atoms with E-state index in [1.807, 2.05) is 0 Å². The number of primary amides is 1. The summed E-state index contributed by atoms with van der Waals surface area (Å²) in [6.07, 6.45) is -3.04. The fourth-order valence-electron chi connectivity index (χ4n) is 2.23. The molecule has 1 aromatic heterocycles. The number of ether oxygens (including phenoxy) is 1. The molecule has 13 nitrogen and oxygen atoms in total. The fourth-order valence-corrected chi connectivity index (χ4v) is 3.79. The number of amides is 1. The van der Waals surface area contributed by atoms with Crippen molar-refractivity contribution in [2.24, 2.45) is 5.73 Å². The van der Waals surface area contributed by atoms with Crippen molar-refractivity contribution in [3.63, 3.8) is 0 Å². The van der Waals surface area contributed by atoms with E-state index in [4.69, 9.17) is 20.3 Å². The van der Waals surface area contributed by atoms with Gasteiger partial charge in [0.15, 0.2) is 18.5 Å². The number of hydrogen-bond donors (Lipinski definition) is 5. The number of aliphatic hydroxyl groups excluding tert-OH is 2. The minimum Gasteiger partial charge on any atom is -0.756 e. The molecule has 0 spiro atoms. The molecule has 2 heterocycles. The largest absolute Gasteiger partial charge is 0.756 e. The Hall–Kier alpha value is -1.24. The summed E-state index contributed by atoms with van der Waals surface area (Å²) >= 11 is 0. The van der Waals surface area contributed by atoms with Crippen molar-refractivity contribution in [2.75, 3.05) is 6.61 Å². The number of nitrogens with two attached hydrogens (primary N) is 1. The predicted molar refractivity (Wildman–Crippen MR) is 77.8 cm³/mol. The molecule has 5 atom stereocenters. The Balaban J connectivity index is 2.08. The maximum absolute atomic E-state index is 11.3. The van der Waals surface area contributed by atoms with Crippen LogP contribution in [0.25, 0.3) is 0 Å². The van der Waals surface area contributed by atoms with E-state index in [0.717, 1.165) is 0 Å². The summed E-state index contributed by atoms with van der Waals surface area (Å²) < 4.78 is 36.1. The van der Waals surface area contributed by atoms with Crippen LogP contribution >= 0.6 is 15.6 Å². The van der Waals surface area contributed by atoms with Crippen molar-refractivity contribution in [1.82, 2.24) is 0 Å². The molecule has 0 bridgehead atoms. The zero-order valence-corrected chi connectivity index (χ0v) is 14.7. The second kappa shape index (κ2) is 7.79. The van der Waals surface area contributed by atoms with Gasteiger partial charge in [0, 0.05) is 6.07 Å². The molecule has 2 rings (SSSR count). The number of aromatic nitrogens is 1. The second-order valence-corrected chi connectivity index (χ2v) is 8.05. The average molecular weight is 414 g/mol. The van der Waals surface area contributed by atoms with Crippen LogP contribution in [0.15, 0.2) is 24.5 Å². The molecule has 1 unspecified atom stereocenters. The van der Waals surface area contributed by atoms with Gasteiger partial charge >= 0.3 is 7.82 Å². The van der Waals surface area contributed by atoms with Crippen LogP contribution in [-0.2, 0) is 22.7 Å². The van der Waals surface area contributed by atoms with E-state index in [1.54, 1.807) is 0 Å². The predicted octanol–water partition coefficient (Wildman–Crippen LogP) is -2.71. The monoisotopic (exact) mass is 414 g/mol. The molecule has 15 heteroatoms. The third-order valence-electron chi connectivity index (χ3n) is 3.34. The van der Waals surface area contributed by atoms with Gasteiger partial charge in [-0.2, -0.15) is 4.57 Å². The Labute approximate surface area is 146 Å². The number of carbonyl (C=O) groups excluding carboxylic acids is 1. The van der Waals surface area contributed by atoms with Crippen LogP contribution in [-0.4, -0.2) is 50.8 Å². The molecule has 0 radical (unpaired) electrons. The minimum atomic E-state index is -5.38. The first-order valence-electron chi connectivity index (χ1n) is 6.94. The molecule has 0 aromatic carbocycles. The fraction of sp³-hybridized carbons (Fsp3) is 0.455. The first-order chi connectivity index (χ1) is 11.9. The van der Waals surface area contributed by atoms with Gasteiger partial charge in [0.05, 0.1) is 6.61 Å². The van der Waals surface area contributed by atoms with Crippen molar-refractivity contribution < 1.29 is 57.0 Å². The molecule has 146 valence electrons. The normalized spacial score (nSPS) is 28.7. The van der Waals surface area contributed by atoms with E-state index >= 15 is 0 Å². The Morgan fingerprint density at radius 2 is 2.00 bits per heavy atom. The van der Waals surface area contributed by atoms with Crippen LogP contribution in [0.1, 0.15) is 16.6 Å². The average Bonchev–Trinajstić information content (AvgIpc) is 2.79. The van der Waals surface area contributed by atoms with Gasteiger partial charge in [-0.3, -0.25) is 9.36 Å². The van der Waals surface area contributed by atoms with Gasteiger partial charge in [-0.25, -0.2) is 8.88 Å². The highest BCUT2D eigenvalue weighted by Crippen LogP contribution is 2.55. The Morgan fingerprint density at radius 1 is 1.35 bits per heavy atom. The lowest BCUT2D eigenvalue weighted by molar-refractivity contribution is -0.765. The summed E-state index contributed by atoms with van der Waals surface area (Å²) in [6, 6.07) is 2.84. The third-order valence-corrected chi connectivity index (χ3v) is 5.46. The maximum Gasteiger partial charge on any atom is 0.476 e. The molecule has 26 heavy (non-hydrogen) atoms. The van der Waals surface area contributed by atoms with Gasteiger partial charge in [0.25, 0.3) is 20.0 Å². The molecule has 1 amide bonds. The highest BCUT2D eigenvalue weighted by atomic mass is 31.3. The van der Waals surface area contributed by atoms with E-state index in [1.165, 1.54) is 29.1 Å². The summed E-state index contributed by atoms with van der Waals surface area (Å²) in [5.74, 6) is -0.742. The molecule has 1 fully saturated rings. The van der Waals surface area contributed by atoms with Gasteiger partial charge in [0.1, 0.15) is 17.8 Å². The molecular formula is C11H16N2O11P2. The summed E-state index contributed by atoms with van der Waals surface area (Å²) in [5, 5.41) is 20.0. The standard InChI is InChI=1S/C11H16N2O11P2/c12-10(16)6-2-1-3-13(4-6)11-9(15)8(14)7(23-11)5-22-26(20,21)24-25(17,18)19/h1-4,7-9,11,14-15H,5H2,(H4-,12,16,17,18,19,20,21)/t7-,8-,9-,11-/m1/s1. The number of carbonyl (C=O) groups is 1. The molecule has 1 aliphatic heterocycles. The molecule has 6 N–H and O–H groups in total.